The summed E-state index contributed by atoms with van der Waals surface area (Å²) in [4.78, 5) is 7.42. The Bertz CT molecular complexity index is 729. The highest BCUT2D eigenvalue weighted by Gasteiger charge is 2.07. The van der Waals surface area contributed by atoms with Crippen LogP contribution in [0.5, 0.6) is 0 Å². The molecule has 5 N–H and O–H groups in total. The van der Waals surface area contributed by atoms with Crippen LogP contribution in [-0.2, 0) is 12.8 Å². The second kappa shape index (κ2) is 6.62. The van der Waals surface area contributed by atoms with Gasteiger partial charge in [0.25, 0.3) is 0 Å². The summed E-state index contributed by atoms with van der Waals surface area (Å²) < 4.78 is 0. The van der Waals surface area contributed by atoms with Crippen LogP contribution >= 0.6 is 0 Å². The average Bonchev–Trinajstić information content (AvgIpc) is 3.11. The summed E-state index contributed by atoms with van der Waals surface area (Å²) in [6, 6.07) is 8.89. The minimum atomic E-state index is 0.308. The van der Waals surface area contributed by atoms with Crippen molar-refractivity contribution in [3.8, 4) is 0 Å². The molecule has 6 heteroatoms. The molecule has 0 bridgehead atoms. The van der Waals surface area contributed by atoms with Crippen LogP contribution in [0, 0.1) is 0 Å². The summed E-state index contributed by atoms with van der Waals surface area (Å²) in [6.45, 7) is 3.08. The van der Waals surface area contributed by atoms with Gasteiger partial charge in [-0.1, -0.05) is 18.2 Å². The third kappa shape index (κ3) is 3.46. The topological polar surface area (TPSA) is 95.4 Å². The number of hydrogen-bond acceptors (Lipinski definition) is 4. The normalized spacial score (nSPS) is 12.8. The lowest BCUT2D eigenvalue weighted by Gasteiger charge is -2.12. The smallest absolute Gasteiger partial charge is 0.239 e. The van der Waals surface area contributed by atoms with Crippen LogP contribution in [-0.4, -0.2) is 32.8 Å². The summed E-state index contributed by atoms with van der Waals surface area (Å²) in [5.41, 5.74) is 8.07. The van der Waals surface area contributed by atoms with Crippen molar-refractivity contribution in [3.05, 3.63) is 41.9 Å². The van der Waals surface area contributed by atoms with Gasteiger partial charge in [0.05, 0.1) is 0 Å². The quantitative estimate of drug-likeness (QED) is 0.536. The molecule has 3 aromatic rings. The van der Waals surface area contributed by atoms with Crippen LogP contribution in [0.4, 0.5) is 5.95 Å². The monoisotopic (exact) mass is 298 g/mol. The van der Waals surface area contributed by atoms with Gasteiger partial charge in [-0.05, 0) is 31.4 Å². The molecule has 0 aliphatic rings. The molecule has 0 radical (unpaired) electrons. The Morgan fingerprint density at radius 2 is 2.14 bits per heavy atom. The van der Waals surface area contributed by atoms with Gasteiger partial charge < -0.3 is 16.0 Å². The standard InChI is InChI=1S/C16H22N6/c1-11(18-9-8-15-20-16(17)22-21-15)6-7-12-10-19-14-5-3-2-4-13(12)14/h2-5,10-11,18-19H,6-9H2,1H3,(H3,17,20,21,22)/t11-/m0/s1. The van der Waals surface area contributed by atoms with E-state index in [1.165, 1.54) is 16.5 Å². The van der Waals surface area contributed by atoms with E-state index in [1.807, 2.05) is 0 Å². The van der Waals surface area contributed by atoms with E-state index in [0.717, 1.165) is 31.6 Å². The number of rotatable bonds is 7. The fraction of sp³-hybridized carbons (Fsp3) is 0.375. The lowest BCUT2D eigenvalue weighted by atomic mass is 10.1. The van der Waals surface area contributed by atoms with Gasteiger partial charge in [0, 0.05) is 36.1 Å². The average molecular weight is 298 g/mol. The van der Waals surface area contributed by atoms with E-state index < -0.39 is 0 Å². The molecule has 0 saturated heterocycles. The van der Waals surface area contributed by atoms with Crippen molar-refractivity contribution >= 4 is 16.9 Å². The third-order valence-corrected chi connectivity index (χ3v) is 3.93. The first-order valence-electron chi connectivity index (χ1n) is 7.67. The molecular weight excluding hydrogens is 276 g/mol. The molecule has 0 spiro atoms. The van der Waals surface area contributed by atoms with Gasteiger partial charge in [-0.2, -0.15) is 4.98 Å². The predicted octanol–water partition coefficient (Wildman–Crippen LogP) is 2.02. The van der Waals surface area contributed by atoms with Crippen molar-refractivity contribution in [1.29, 1.82) is 0 Å². The number of nitrogens with one attached hydrogen (secondary N) is 3. The van der Waals surface area contributed by atoms with Gasteiger partial charge >= 0.3 is 0 Å². The molecule has 2 heterocycles. The Morgan fingerprint density at radius 3 is 2.95 bits per heavy atom. The van der Waals surface area contributed by atoms with Gasteiger partial charge in [-0.25, -0.2) is 0 Å². The zero-order valence-electron chi connectivity index (χ0n) is 12.8. The highest BCUT2D eigenvalue weighted by atomic mass is 15.3. The number of H-pyrrole nitrogens is 2. The number of para-hydroxylation sites is 1. The number of fused-ring (bicyclic) bond motifs is 1. The summed E-state index contributed by atoms with van der Waals surface area (Å²) >= 11 is 0. The van der Waals surface area contributed by atoms with E-state index in [2.05, 4.69) is 62.9 Å². The Kier molecular flexibility index (Phi) is 4.39. The lowest BCUT2D eigenvalue weighted by Crippen LogP contribution is -2.28. The minimum absolute atomic E-state index is 0.308. The second-order valence-electron chi connectivity index (χ2n) is 5.64. The van der Waals surface area contributed by atoms with Crippen molar-refractivity contribution in [1.82, 2.24) is 25.5 Å². The number of benzene rings is 1. The van der Waals surface area contributed by atoms with E-state index in [1.54, 1.807) is 0 Å². The number of nitrogen functional groups attached to an aromatic ring is 1. The van der Waals surface area contributed by atoms with E-state index in [4.69, 9.17) is 5.73 Å². The fourth-order valence-electron chi connectivity index (χ4n) is 2.67. The van der Waals surface area contributed by atoms with Crippen LogP contribution in [0.3, 0.4) is 0 Å². The van der Waals surface area contributed by atoms with Crippen molar-refractivity contribution in [2.45, 2.75) is 32.2 Å². The molecule has 0 fully saturated rings. The molecule has 0 unspecified atom stereocenters. The summed E-state index contributed by atoms with van der Waals surface area (Å²) in [6.07, 6.45) is 5.09. The van der Waals surface area contributed by atoms with E-state index in [-0.39, 0.29) is 0 Å². The molecule has 22 heavy (non-hydrogen) atoms. The highest BCUT2D eigenvalue weighted by Crippen LogP contribution is 2.19. The predicted molar refractivity (Wildman–Crippen MR) is 88.6 cm³/mol. The van der Waals surface area contributed by atoms with E-state index in [9.17, 15) is 0 Å². The van der Waals surface area contributed by atoms with Crippen LogP contribution in [0.1, 0.15) is 24.7 Å². The van der Waals surface area contributed by atoms with Gasteiger partial charge in [-0.3, -0.25) is 5.10 Å². The van der Waals surface area contributed by atoms with Gasteiger partial charge in [-0.15, -0.1) is 5.10 Å². The van der Waals surface area contributed by atoms with Crippen LogP contribution in [0.15, 0.2) is 30.5 Å². The van der Waals surface area contributed by atoms with Crippen molar-refractivity contribution < 1.29 is 0 Å². The maximum absolute atomic E-state index is 5.48. The highest BCUT2D eigenvalue weighted by molar-refractivity contribution is 5.82. The largest absolute Gasteiger partial charge is 0.367 e. The fourth-order valence-corrected chi connectivity index (χ4v) is 2.67. The van der Waals surface area contributed by atoms with Gasteiger partial charge in [0.2, 0.25) is 5.95 Å². The number of anilines is 1. The third-order valence-electron chi connectivity index (χ3n) is 3.93. The molecule has 0 saturated carbocycles. The molecule has 1 aromatic carbocycles. The molecule has 0 amide bonds. The zero-order valence-corrected chi connectivity index (χ0v) is 12.8. The molecule has 0 aliphatic carbocycles. The number of aryl methyl sites for hydroxylation is 1. The first kappa shape index (κ1) is 14.6. The molecule has 3 rings (SSSR count). The minimum Gasteiger partial charge on any atom is -0.367 e. The number of aromatic amines is 2. The van der Waals surface area contributed by atoms with Crippen LogP contribution in [0.25, 0.3) is 10.9 Å². The first-order valence-corrected chi connectivity index (χ1v) is 7.67. The summed E-state index contributed by atoms with van der Waals surface area (Å²) in [7, 11) is 0. The van der Waals surface area contributed by atoms with E-state index in [0.29, 0.717) is 12.0 Å². The SMILES string of the molecule is C[C@@H](CCc1c[nH]c2ccccc12)NCCc1nc(N)n[nH]1. The van der Waals surface area contributed by atoms with Crippen molar-refractivity contribution in [2.24, 2.45) is 0 Å². The summed E-state index contributed by atoms with van der Waals surface area (Å²) in [5, 5.41) is 11.5. The Hall–Kier alpha value is -2.34. The molecular formula is C16H22N6. The second-order valence-corrected chi connectivity index (χ2v) is 5.64. The molecule has 2 aromatic heterocycles. The maximum atomic E-state index is 5.48. The summed E-state index contributed by atoms with van der Waals surface area (Å²) in [5.74, 6) is 1.14. The Morgan fingerprint density at radius 1 is 1.27 bits per heavy atom. The Balaban J connectivity index is 1.45. The lowest BCUT2D eigenvalue weighted by molar-refractivity contribution is 0.515. The molecule has 0 aliphatic heterocycles. The van der Waals surface area contributed by atoms with Crippen molar-refractivity contribution in [2.75, 3.05) is 12.3 Å². The maximum Gasteiger partial charge on any atom is 0.239 e. The zero-order chi connectivity index (χ0) is 15.4. The molecule has 116 valence electrons. The van der Waals surface area contributed by atoms with Crippen LogP contribution < -0.4 is 11.1 Å². The number of hydrogen-bond donors (Lipinski definition) is 4. The van der Waals surface area contributed by atoms with Crippen LogP contribution in [0.2, 0.25) is 0 Å². The number of nitrogens with zero attached hydrogens (tertiary/aromatic N) is 2. The molecule has 1 atom stereocenters. The van der Waals surface area contributed by atoms with Gasteiger partial charge in [0.1, 0.15) is 5.82 Å². The van der Waals surface area contributed by atoms with E-state index >= 15 is 0 Å². The number of aromatic nitrogens is 4. The van der Waals surface area contributed by atoms with Crippen molar-refractivity contribution in [3.63, 3.8) is 0 Å². The van der Waals surface area contributed by atoms with Gasteiger partial charge in [0.15, 0.2) is 0 Å². The first-order chi connectivity index (χ1) is 10.7. The molecule has 6 nitrogen and oxygen atoms in total. The number of nitrogens with two attached hydrogens (primary N) is 1. The Labute approximate surface area is 129 Å².